The van der Waals surface area contributed by atoms with Gasteiger partial charge in [-0.3, -0.25) is 9.36 Å². The van der Waals surface area contributed by atoms with Crippen LogP contribution in [0.5, 0.6) is 0 Å². The van der Waals surface area contributed by atoms with Crippen LogP contribution in [0.15, 0.2) is 46.5 Å². The maximum atomic E-state index is 13.8. The normalized spacial score (nSPS) is 16.5. The van der Waals surface area contributed by atoms with Crippen LogP contribution in [0, 0.1) is 12.8 Å². The summed E-state index contributed by atoms with van der Waals surface area (Å²) >= 11 is 1.71. The van der Waals surface area contributed by atoms with Crippen LogP contribution in [-0.2, 0) is 6.54 Å². The van der Waals surface area contributed by atoms with Gasteiger partial charge in [0, 0.05) is 23.4 Å². The van der Waals surface area contributed by atoms with Gasteiger partial charge in [0.2, 0.25) is 0 Å². The predicted molar refractivity (Wildman–Crippen MR) is 147 cm³/mol. The Morgan fingerprint density at radius 2 is 1.86 bits per heavy atom. The van der Waals surface area contributed by atoms with Gasteiger partial charge in [0.05, 0.1) is 23.1 Å². The van der Waals surface area contributed by atoms with E-state index in [-0.39, 0.29) is 11.6 Å². The molecule has 0 saturated heterocycles. The van der Waals surface area contributed by atoms with Gasteiger partial charge in [-0.25, -0.2) is 24.9 Å². The molecule has 2 fully saturated rings. The topological polar surface area (TPSA) is 98.5 Å². The van der Waals surface area contributed by atoms with E-state index in [2.05, 4.69) is 52.7 Å². The van der Waals surface area contributed by atoms with E-state index in [9.17, 15) is 4.79 Å². The van der Waals surface area contributed by atoms with Gasteiger partial charge in [-0.15, -0.1) is 11.8 Å². The van der Waals surface area contributed by atoms with Crippen molar-refractivity contribution < 1.29 is 0 Å². The lowest BCUT2D eigenvalue weighted by Crippen LogP contribution is -2.33. The highest BCUT2D eigenvalue weighted by atomic mass is 32.2. The Morgan fingerprint density at radius 1 is 1.08 bits per heavy atom. The molecule has 2 saturated carbocycles. The standard InChI is InChI=1S/C28H31N7OS/c1-16-23(24(20-9-10-20)32-15-31-16)25-30-14-22-27(34-25)35(17(2)19-5-4-6-19)28(36)26(33-22)29-13-18-7-11-21(37-3)12-8-18/h7-8,11-12,14-15,17,19-20H,4-6,9-10,13H2,1-3H3,(H,29,33)/t17-/m1/s1. The Hall–Kier alpha value is -3.33. The summed E-state index contributed by atoms with van der Waals surface area (Å²) < 4.78 is 1.84. The van der Waals surface area contributed by atoms with Crippen LogP contribution >= 0.6 is 11.8 Å². The lowest BCUT2D eigenvalue weighted by Gasteiger charge is -2.33. The van der Waals surface area contributed by atoms with Gasteiger partial charge in [-0.05, 0) is 69.4 Å². The molecule has 3 heterocycles. The quantitative estimate of drug-likeness (QED) is 0.307. The number of nitrogens with zero attached hydrogens (tertiary/aromatic N) is 6. The Bertz CT molecular complexity index is 1510. The molecule has 8 nitrogen and oxygen atoms in total. The molecule has 0 amide bonds. The molecule has 1 N–H and O–H groups in total. The van der Waals surface area contributed by atoms with Crippen molar-refractivity contribution >= 4 is 28.7 Å². The van der Waals surface area contributed by atoms with Crippen molar-refractivity contribution in [2.45, 2.75) is 69.4 Å². The molecule has 190 valence electrons. The molecule has 0 unspecified atom stereocenters. The molecule has 3 aromatic heterocycles. The fraction of sp³-hybridized carbons (Fsp3) is 0.429. The molecular weight excluding hydrogens is 482 g/mol. The first-order chi connectivity index (χ1) is 18.0. The van der Waals surface area contributed by atoms with Crippen LogP contribution < -0.4 is 10.9 Å². The van der Waals surface area contributed by atoms with Gasteiger partial charge >= 0.3 is 0 Å². The van der Waals surface area contributed by atoms with E-state index in [1.807, 2.05) is 11.5 Å². The van der Waals surface area contributed by atoms with Crippen LogP contribution in [0.1, 0.15) is 67.9 Å². The second kappa shape index (κ2) is 9.85. The van der Waals surface area contributed by atoms with E-state index >= 15 is 0 Å². The summed E-state index contributed by atoms with van der Waals surface area (Å²) in [6.45, 7) is 4.62. The summed E-state index contributed by atoms with van der Waals surface area (Å²) in [7, 11) is 0. The third-order valence-corrected chi connectivity index (χ3v) is 8.49. The molecule has 1 aromatic carbocycles. The zero-order valence-corrected chi connectivity index (χ0v) is 22.3. The van der Waals surface area contributed by atoms with Crippen molar-refractivity contribution in [1.82, 2.24) is 29.5 Å². The second-order valence-corrected chi connectivity index (χ2v) is 11.0. The number of aryl methyl sites for hydroxylation is 1. The van der Waals surface area contributed by atoms with Crippen LogP contribution in [0.3, 0.4) is 0 Å². The molecule has 37 heavy (non-hydrogen) atoms. The Balaban J connectivity index is 1.43. The Morgan fingerprint density at radius 3 is 2.54 bits per heavy atom. The summed E-state index contributed by atoms with van der Waals surface area (Å²) in [6, 6.07) is 8.35. The van der Waals surface area contributed by atoms with Crippen LogP contribution in [0.4, 0.5) is 5.82 Å². The van der Waals surface area contributed by atoms with E-state index in [4.69, 9.17) is 15.0 Å². The Kier molecular flexibility index (Phi) is 6.40. The number of hydrogen-bond acceptors (Lipinski definition) is 8. The van der Waals surface area contributed by atoms with Gasteiger partial charge in [-0.1, -0.05) is 18.6 Å². The molecule has 2 aliphatic rings. The van der Waals surface area contributed by atoms with Gasteiger partial charge in [0.25, 0.3) is 5.56 Å². The van der Waals surface area contributed by atoms with Crippen molar-refractivity contribution in [3.05, 3.63) is 64.1 Å². The molecular formula is C28H31N7OS. The highest BCUT2D eigenvalue weighted by Gasteiger charge is 2.31. The molecule has 0 spiro atoms. The van der Waals surface area contributed by atoms with Crippen LogP contribution in [-0.4, -0.2) is 35.7 Å². The number of aromatic nitrogens is 6. The largest absolute Gasteiger partial charge is 0.361 e. The summed E-state index contributed by atoms with van der Waals surface area (Å²) in [5.74, 6) is 1.79. The maximum Gasteiger partial charge on any atom is 0.295 e. The van der Waals surface area contributed by atoms with Gasteiger partial charge < -0.3 is 5.32 Å². The molecule has 4 aromatic rings. The van der Waals surface area contributed by atoms with E-state index < -0.39 is 0 Å². The summed E-state index contributed by atoms with van der Waals surface area (Å²) in [5, 5.41) is 3.29. The van der Waals surface area contributed by atoms with E-state index in [0.29, 0.717) is 41.2 Å². The van der Waals surface area contributed by atoms with Crippen molar-refractivity contribution in [2.75, 3.05) is 11.6 Å². The molecule has 0 bridgehead atoms. The van der Waals surface area contributed by atoms with Crippen LogP contribution in [0.25, 0.3) is 22.6 Å². The van der Waals surface area contributed by atoms with E-state index in [1.54, 1.807) is 24.3 Å². The van der Waals surface area contributed by atoms with Crippen molar-refractivity contribution in [1.29, 1.82) is 0 Å². The summed E-state index contributed by atoms with van der Waals surface area (Å²) in [6.07, 6.45) is 11.1. The number of benzene rings is 1. The highest BCUT2D eigenvalue weighted by molar-refractivity contribution is 7.98. The first-order valence-corrected chi connectivity index (χ1v) is 14.2. The van der Waals surface area contributed by atoms with Crippen LogP contribution in [0.2, 0.25) is 0 Å². The number of nitrogens with one attached hydrogen (secondary N) is 1. The molecule has 9 heteroatoms. The first kappa shape index (κ1) is 24.0. The number of anilines is 1. The third-order valence-electron chi connectivity index (χ3n) is 7.74. The lowest BCUT2D eigenvalue weighted by molar-refractivity contribution is 0.222. The van der Waals surface area contributed by atoms with Gasteiger partial charge in [0.1, 0.15) is 11.8 Å². The molecule has 2 aliphatic carbocycles. The lowest BCUT2D eigenvalue weighted by atomic mass is 9.80. The van der Waals surface area contributed by atoms with Gasteiger partial charge in [0.15, 0.2) is 17.3 Å². The average Bonchev–Trinajstić information content (AvgIpc) is 3.72. The van der Waals surface area contributed by atoms with Crippen molar-refractivity contribution in [2.24, 2.45) is 5.92 Å². The number of fused-ring (bicyclic) bond motifs is 1. The second-order valence-electron chi connectivity index (χ2n) is 10.2. The molecule has 0 aliphatic heterocycles. The Labute approximate surface area is 220 Å². The maximum absolute atomic E-state index is 13.8. The minimum absolute atomic E-state index is 0.0203. The van der Waals surface area contributed by atoms with Crippen molar-refractivity contribution in [3.8, 4) is 11.4 Å². The smallest absolute Gasteiger partial charge is 0.295 e. The SMILES string of the molecule is CSc1ccc(CNc2nc3cnc(-c4c(C)ncnc4C4CC4)nc3n([C@H](C)C3CCC3)c2=O)cc1. The summed E-state index contributed by atoms with van der Waals surface area (Å²) in [5.41, 5.74) is 4.89. The van der Waals surface area contributed by atoms with E-state index in [1.165, 1.54) is 11.3 Å². The predicted octanol–water partition coefficient (Wildman–Crippen LogP) is 5.52. The average molecular weight is 514 g/mol. The van der Waals surface area contributed by atoms with Gasteiger partial charge in [-0.2, -0.15) is 0 Å². The number of hydrogen-bond donors (Lipinski definition) is 1. The minimum Gasteiger partial charge on any atom is -0.361 e. The van der Waals surface area contributed by atoms with E-state index in [0.717, 1.165) is 48.2 Å². The molecule has 0 radical (unpaired) electrons. The molecule has 6 rings (SSSR count). The first-order valence-electron chi connectivity index (χ1n) is 13.0. The monoisotopic (exact) mass is 513 g/mol. The highest BCUT2D eigenvalue weighted by Crippen LogP contribution is 2.43. The zero-order chi connectivity index (χ0) is 25.5. The molecule has 1 atom stereocenters. The van der Waals surface area contributed by atoms with Crippen molar-refractivity contribution in [3.63, 3.8) is 0 Å². The zero-order valence-electron chi connectivity index (χ0n) is 21.4. The summed E-state index contributed by atoms with van der Waals surface area (Å²) in [4.78, 5) is 38.4. The fourth-order valence-electron chi connectivity index (χ4n) is 5.11. The number of thioether (sulfide) groups is 1. The minimum atomic E-state index is -0.138. The fourth-order valence-corrected chi connectivity index (χ4v) is 5.52. The third kappa shape index (κ3) is 4.61. The number of rotatable bonds is 8.